The van der Waals surface area contributed by atoms with Crippen molar-refractivity contribution in [3.8, 4) is 17.2 Å². The van der Waals surface area contributed by atoms with Crippen molar-refractivity contribution in [1.29, 1.82) is 0 Å². The van der Waals surface area contributed by atoms with Crippen LogP contribution in [0.4, 0.5) is 0 Å². The Kier molecular flexibility index (Phi) is 4.95. The van der Waals surface area contributed by atoms with E-state index in [0.29, 0.717) is 22.8 Å². The minimum atomic E-state index is -0.471. The van der Waals surface area contributed by atoms with Gasteiger partial charge in [0.05, 0.1) is 12.8 Å². The van der Waals surface area contributed by atoms with Gasteiger partial charge >= 0.3 is 5.69 Å². The zero-order chi connectivity index (χ0) is 20.4. The topological polar surface area (TPSA) is 86.5 Å². The number of hydrogen-bond acceptors (Lipinski definition) is 5. The summed E-state index contributed by atoms with van der Waals surface area (Å²) in [5, 5.41) is 0.965. The van der Waals surface area contributed by atoms with Crippen molar-refractivity contribution in [3.05, 3.63) is 86.9 Å². The van der Waals surface area contributed by atoms with Crippen molar-refractivity contribution in [2.45, 2.75) is 20.4 Å². The molecule has 7 nitrogen and oxygen atoms in total. The van der Waals surface area contributed by atoms with Crippen LogP contribution in [-0.2, 0) is 6.54 Å². The summed E-state index contributed by atoms with van der Waals surface area (Å²) >= 11 is 0. The highest BCUT2D eigenvalue weighted by Gasteiger charge is 2.12. The quantitative estimate of drug-likeness (QED) is 0.540. The van der Waals surface area contributed by atoms with Gasteiger partial charge < -0.3 is 13.9 Å². The lowest BCUT2D eigenvalue weighted by Crippen LogP contribution is -2.30. The van der Waals surface area contributed by atoms with Gasteiger partial charge in [0.2, 0.25) is 0 Å². The highest BCUT2D eigenvalue weighted by atomic mass is 16.5. The molecular formula is C22H20N2O5. The Morgan fingerprint density at radius 3 is 2.62 bits per heavy atom. The Morgan fingerprint density at radius 1 is 0.966 bits per heavy atom. The maximum absolute atomic E-state index is 11.8. The van der Waals surface area contributed by atoms with Crippen LogP contribution in [0.1, 0.15) is 11.1 Å². The summed E-state index contributed by atoms with van der Waals surface area (Å²) in [7, 11) is 0. The van der Waals surface area contributed by atoms with Crippen LogP contribution in [0.25, 0.3) is 11.0 Å². The molecule has 29 heavy (non-hydrogen) atoms. The smallest absolute Gasteiger partial charge is 0.328 e. The maximum atomic E-state index is 11.8. The van der Waals surface area contributed by atoms with E-state index < -0.39 is 11.2 Å². The summed E-state index contributed by atoms with van der Waals surface area (Å²) < 4.78 is 19.0. The molecule has 2 aromatic carbocycles. The van der Waals surface area contributed by atoms with Crippen molar-refractivity contribution < 1.29 is 13.9 Å². The first-order valence-corrected chi connectivity index (χ1v) is 9.18. The average molecular weight is 392 g/mol. The van der Waals surface area contributed by atoms with E-state index >= 15 is 0 Å². The lowest BCUT2D eigenvalue weighted by atomic mass is 10.1. The molecular weight excluding hydrogens is 372 g/mol. The predicted molar refractivity (Wildman–Crippen MR) is 109 cm³/mol. The number of benzene rings is 2. The first-order valence-electron chi connectivity index (χ1n) is 9.18. The van der Waals surface area contributed by atoms with Crippen molar-refractivity contribution in [1.82, 2.24) is 9.55 Å². The zero-order valence-electron chi connectivity index (χ0n) is 16.1. The lowest BCUT2D eigenvalue weighted by Gasteiger charge is -2.14. The van der Waals surface area contributed by atoms with Gasteiger partial charge in [0.25, 0.3) is 5.56 Å². The number of nitrogens with one attached hydrogen (secondary N) is 1. The molecule has 0 spiro atoms. The maximum Gasteiger partial charge on any atom is 0.328 e. The van der Waals surface area contributed by atoms with E-state index in [-0.39, 0.29) is 13.2 Å². The van der Waals surface area contributed by atoms with Gasteiger partial charge in [-0.15, -0.1) is 0 Å². The van der Waals surface area contributed by atoms with E-state index in [0.717, 1.165) is 16.5 Å². The Morgan fingerprint density at radius 2 is 1.79 bits per heavy atom. The lowest BCUT2D eigenvalue weighted by molar-refractivity contribution is 0.283. The SMILES string of the molecule is Cc1ccc(Oc2cc(C)cc3ccoc23)c(OCCn2ccc(=O)[nH]c2=O)c1. The third kappa shape index (κ3) is 4.08. The van der Waals surface area contributed by atoms with E-state index in [1.165, 1.54) is 16.8 Å². The minimum absolute atomic E-state index is 0.232. The molecule has 2 aromatic heterocycles. The number of aryl methyl sites for hydroxylation is 2. The monoisotopic (exact) mass is 392 g/mol. The molecule has 0 atom stereocenters. The number of aromatic amines is 1. The standard InChI is InChI=1S/C22H20N2O5/c1-14-3-4-17(29-19-13-15(2)11-16-6-9-28-21(16)19)18(12-14)27-10-8-24-7-5-20(25)23-22(24)26/h3-7,9,11-13H,8,10H2,1-2H3,(H,23,25,26). The molecule has 0 radical (unpaired) electrons. The molecule has 1 N–H and O–H groups in total. The molecule has 4 aromatic rings. The Labute approximate surface area is 166 Å². The Hall–Kier alpha value is -3.74. The number of rotatable bonds is 6. The number of ether oxygens (including phenoxy) is 2. The Balaban J connectivity index is 1.56. The van der Waals surface area contributed by atoms with Gasteiger partial charge in [-0.3, -0.25) is 14.3 Å². The van der Waals surface area contributed by atoms with Gasteiger partial charge in [-0.2, -0.15) is 0 Å². The first-order chi connectivity index (χ1) is 14.0. The second-order valence-corrected chi connectivity index (χ2v) is 6.81. The van der Waals surface area contributed by atoms with E-state index in [1.54, 1.807) is 6.26 Å². The molecule has 0 saturated carbocycles. The van der Waals surface area contributed by atoms with Gasteiger partial charge in [0.15, 0.2) is 22.8 Å². The van der Waals surface area contributed by atoms with Crippen molar-refractivity contribution in [2.24, 2.45) is 0 Å². The molecule has 0 bridgehead atoms. The van der Waals surface area contributed by atoms with Crippen LogP contribution in [0.2, 0.25) is 0 Å². The van der Waals surface area contributed by atoms with Crippen LogP contribution < -0.4 is 20.7 Å². The van der Waals surface area contributed by atoms with Crippen molar-refractivity contribution >= 4 is 11.0 Å². The van der Waals surface area contributed by atoms with Gasteiger partial charge in [0, 0.05) is 17.6 Å². The molecule has 0 aliphatic rings. The molecule has 0 aliphatic carbocycles. The van der Waals surface area contributed by atoms with Crippen LogP contribution in [0, 0.1) is 13.8 Å². The third-order valence-corrected chi connectivity index (χ3v) is 4.47. The van der Waals surface area contributed by atoms with Gasteiger partial charge in [-0.25, -0.2) is 4.79 Å². The first kappa shape index (κ1) is 18.6. The van der Waals surface area contributed by atoms with E-state index in [1.807, 2.05) is 50.2 Å². The summed E-state index contributed by atoms with van der Waals surface area (Å²) in [6.45, 7) is 4.47. The largest absolute Gasteiger partial charge is 0.488 e. The summed E-state index contributed by atoms with van der Waals surface area (Å²) in [5.74, 6) is 1.71. The fourth-order valence-corrected chi connectivity index (χ4v) is 3.07. The second kappa shape index (κ2) is 7.71. The molecule has 0 saturated heterocycles. The number of aromatic nitrogens is 2. The molecule has 2 heterocycles. The number of furan rings is 1. The highest BCUT2D eigenvalue weighted by Crippen LogP contribution is 2.37. The second-order valence-electron chi connectivity index (χ2n) is 6.81. The minimum Gasteiger partial charge on any atom is -0.488 e. The molecule has 7 heteroatoms. The number of nitrogens with zero attached hydrogens (tertiary/aromatic N) is 1. The van der Waals surface area contributed by atoms with Crippen molar-refractivity contribution in [3.63, 3.8) is 0 Å². The number of H-pyrrole nitrogens is 1. The van der Waals surface area contributed by atoms with E-state index in [2.05, 4.69) is 4.98 Å². The zero-order valence-corrected chi connectivity index (χ0v) is 16.1. The normalized spacial score (nSPS) is 11.0. The molecule has 0 aliphatic heterocycles. The van der Waals surface area contributed by atoms with Gasteiger partial charge in [0.1, 0.15) is 6.61 Å². The van der Waals surface area contributed by atoms with Gasteiger partial charge in [-0.1, -0.05) is 6.07 Å². The molecule has 4 rings (SSSR count). The summed E-state index contributed by atoms with van der Waals surface area (Å²) in [6.07, 6.45) is 3.07. The summed E-state index contributed by atoms with van der Waals surface area (Å²) in [4.78, 5) is 25.2. The van der Waals surface area contributed by atoms with Crippen LogP contribution in [0.5, 0.6) is 17.2 Å². The highest BCUT2D eigenvalue weighted by molar-refractivity contribution is 5.84. The number of fused-ring (bicyclic) bond motifs is 1. The molecule has 0 fully saturated rings. The van der Waals surface area contributed by atoms with Crippen LogP contribution in [-0.4, -0.2) is 16.2 Å². The fourth-order valence-electron chi connectivity index (χ4n) is 3.07. The van der Waals surface area contributed by atoms with Crippen LogP contribution in [0.15, 0.2) is 68.9 Å². The van der Waals surface area contributed by atoms with E-state index in [9.17, 15) is 9.59 Å². The van der Waals surface area contributed by atoms with E-state index in [4.69, 9.17) is 13.9 Å². The Bertz CT molecular complexity index is 1280. The average Bonchev–Trinajstić information content (AvgIpc) is 3.14. The number of hydrogen-bond donors (Lipinski definition) is 1. The predicted octanol–water partition coefficient (Wildman–Crippen LogP) is 3.77. The van der Waals surface area contributed by atoms with Gasteiger partial charge in [-0.05, 0) is 55.3 Å². The molecule has 148 valence electrons. The van der Waals surface area contributed by atoms with Crippen LogP contribution >= 0.6 is 0 Å². The van der Waals surface area contributed by atoms with Crippen molar-refractivity contribution in [2.75, 3.05) is 6.61 Å². The summed E-state index contributed by atoms with van der Waals surface area (Å²) in [6, 6.07) is 12.8. The fraction of sp³-hybridized carbons (Fsp3) is 0.182. The molecule has 0 amide bonds. The summed E-state index contributed by atoms with van der Waals surface area (Å²) in [5.41, 5.74) is 1.84. The van der Waals surface area contributed by atoms with Crippen LogP contribution in [0.3, 0.4) is 0 Å². The third-order valence-electron chi connectivity index (χ3n) is 4.47. The molecule has 0 unspecified atom stereocenters.